The van der Waals surface area contributed by atoms with Crippen molar-refractivity contribution < 1.29 is 29.4 Å². The van der Waals surface area contributed by atoms with E-state index in [1.54, 1.807) is 0 Å². The van der Waals surface area contributed by atoms with E-state index in [2.05, 4.69) is 5.43 Å². The zero-order valence-corrected chi connectivity index (χ0v) is 12.1. The minimum absolute atomic E-state index is 0. The van der Waals surface area contributed by atoms with E-state index in [-0.39, 0.29) is 36.5 Å². The summed E-state index contributed by atoms with van der Waals surface area (Å²) in [5.74, 6) is 1.44. The molecule has 0 aromatic heterocycles. The average Bonchev–Trinajstić information content (AvgIpc) is 2.77. The van der Waals surface area contributed by atoms with E-state index in [9.17, 15) is 24.3 Å². The number of halogens is 1. The van der Waals surface area contributed by atoms with E-state index in [1.165, 1.54) is 0 Å². The van der Waals surface area contributed by atoms with Crippen LogP contribution in [-0.4, -0.2) is 44.4 Å². The third-order valence-electron chi connectivity index (χ3n) is 3.48. The summed E-state index contributed by atoms with van der Waals surface area (Å²) in [5.41, 5.74) is -0.139. The predicted octanol–water partition coefficient (Wildman–Crippen LogP) is -0.858. The van der Waals surface area contributed by atoms with Crippen molar-refractivity contribution in [2.24, 2.45) is 5.84 Å². The zero-order chi connectivity index (χ0) is 15.8. The maximum absolute atomic E-state index is 11.8. The molecule has 0 aromatic carbocycles. The summed E-state index contributed by atoms with van der Waals surface area (Å²) in [7, 11) is 0. The first-order valence-corrected chi connectivity index (χ1v) is 6.05. The van der Waals surface area contributed by atoms with Crippen LogP contribution in [0.4, 0.5) is 0 Å². The van der Waals surface area contributed by atoms with Crippen molar-refractivity contribution >= 4 is 36.2 Å². The lowest BCUT2D eigenvalue weighted by atomic mass is 9.86. The fourth-order valence-electron chi connectivity index (χ4n) is 2.32. The molecule has 5 N–H and O–H groups in total. The van der Waals surface area contributed by atoms with Crippen molar-refractivity contribution in [1.82, 2.24) is 10.3 Å². The summed E-state index contributed by atoms with van der Waals surface area (Å²) in [6.07, 6.45) is 1.64. The van der Waals surface area contributed by atoms with E-state index in [1.807, 2.05) is 0 Å². The van der Waals surface area contributed by atoms with Gasteiger partial charge < -0.3 is 10.2 Å². The Morgan fingerprint density at radius 3 is 2.18 bits per heavy atom. The molecule has 2 rings (SSSR count). The first-order chi connectivity index (χ1) is 9.82. The van der Waals surface area contributed by atoms with Crippen LogP contribution in [0.2, 0.25) is 0 Å². The van der Waals surface area contributed by atoms with Crippen molar-refractivity contribution in [2.75, 3.05) is 0 Å². The largest absolute Gasteiger partial charge is 0.480 e. The van der Waals surface area contributed by atoms with Crippen LogP contribution in [-0.2, 0) is 19.2 Å². The molecule has 10 heteroatoms. The number of amides is 2. The Balaban J connectivity index is 0.00000242. The second-order valence-electron chi connectivity index (χ2n) is 4.72. The number of aliphatic carboxylic acids is 2. The van der Waals surface area contributed by atoms with Crippen molar-refractivity contribution in [3.8, 4) is 0 Å². The molecule has 2 amide bonds. The summed E-state index contributed by atoms with van der Waals surface area (Å²) in [6, 6.07) is 0. The molecule has 1 saturated heterocycles. The Bertz CT molecular complexity index is 598. The molecule has 22 heavy (non-hydrogen) atoms. The number of hydrazine groups is 1. The molecule has 0 spiro atoms. The summed E-state index contributed by atoms with van der Waals surface area (Å²) >= 11 is 0. The maximum Gasteiger partial charge on any atom is 0.337 e. The number of nitrogens with two attached hydrogens (primary N) is 1. The van der Waals surface area contributed by atoms with Gasteiger partial charge in [0.1, 0.15) is 0 Å². The van der Waals surface area contributed by atoms with Gasteiger partial charge in [-0.3, -0.25) is 20.3 Å². The van der Waals surface area contributed by atoms with Crippen LogP contribution in [0.5, 0.6) is 0 Å². The second-order valence-corrected chi connectivity index (χ2v) is 4.72. The number of carbonyl (C=O) groups is 4. The van der Waals surface area contributed by atoms with Crippen molar-refractivity contribution in [2.45, 2.75) is 24.8 Å². The average molecular weight is 332 g/mol. The number of likely N-dealkylation sites (tertiary alicyclic amines) is 1. The normalized spacial score (nSPS) is 24.5. The van der Waals surface area contributed by atoms with Crippen LogP contribution < -0.4 is 11.3 Å². The van der Waals surface area contributed by atoms with Gasteiger partial charge in [-0.1, -0.05) is 6.08 Å². The molecule has 120 valence electrons. The summed E-state index contributed by atoms with van der Waals surface area (Å²) in [4.78, 5) is 46.9. The highest BCUT2D eigenvalue weighted by atomic mass is 35.5. The minimum Gasteiger partial charge on any atom is -0.480 e. The van der Waals surface area contributed by atoms with Gasteiger partial charge in [0.15, 0.2) is 5.54 Å². The van der Waals surface area contributed by atoms with Crippen LogP contribution in [0.3, 0.4) is 0 Å². The molecular weight excluding hydrogens is 318 g/mol. The molecule has 2 aliphatic rings. The number of rotatable bonds is 4. The van der Waals surface area contributed by atoms with E-state index < -0.39 is 35.7 Å². The van der Waals surface area contributed by atoms with Gasteiger partial charge >= 0.3 is 11.9 Å². The topological polar surface area (TPSA) is 150 Å². The van der Waals surface area contributed by atoms with E-state index in [0.29, 0.717) is 0 Å². The molecule has 0 radical (unpaired) electrons. The third-order valence-corrected chi connectivity index (χ3v) is 3.48. The van der Waals surface area contributed by atoms with Crippen LogP contribution >= 0.6 is 12.4 Å². The molecule has 1 unspecified atom stereocenters. The Labute approximate surface area is 130 Å². The van der Waals surface area contributed by atoms with Gasteiger partial charge in [-0.15, -0.1) is 12.4 Å². The Morgan fingerprint density at radius 2 is 1.77 bits per heavy atom. The van der Waals surface area contributed by atoms with Gasteiger partial charge in [0.2, 0.25) is 11.8 Å². The third kappa shape index (κ3) is 2.73. The van der Waals surface area contributed by atoms with E-state index >= 15 is 0 Å². The summed E-state index contributed by atoms with van der Waals surface area (Å²) in [6.45, 7) is 0. The minimum atomic E-state index is -1.77. The van der Waals surface area contributed by atoms with Crippen LogP contribution in [0.15, 0.2) is 23.4 Å². The lowest BCUT2D eigenvalue weighted by Gasteiger charge is -2.32. The number of nitrogens with zero attached hydrogens (tertiary/aromatic N) is 1. The highest BCUT2D eigenvalue weighted by molar-refractivity contribution is 6.06. The number of carbonyl (C=O) groups excluding carboxylic acids is 2. The number of hydrogen-bond acceptors (Lipinski definition) is 6. The van der Waals surface area contributed by atoms with Gasteiger partial charge in [-0.05, 0) is 6.08 Å². The summed E-state index contributed by atoms with van der Waals surface area (Å²) < 4.78 is 0. The van der Waals surface area contributed by atoms with Crippen molar-refractivity contribution in [1.29, 1.82) is 0 Å². The zero-order valence-electron chi connectivity index (χ0n) is 11.2. The monoisotopic (exact) mass is 331 g/mol. The maximum atomic E-state index is 11.8. The smallest absolute Gasteiger partial charge is 0.337 e. The van der Waals surface area contributed by atoms with Gasteiger partial charge in [0.25, 0.3) is 0 Å². The number of nitrogens with one attached hydrogen (secondary N) is 1. The SMILES string of the molecule is Cl.NNC1(C(=O)O)C=CC(C(=O)O)=C(N2C(=O)CCC2=O)C1. The predicted molar refractivity (Wildman–Crippen MR) is 74.4 cm³/mol. The first-order valence-electron chi connectivity index (χ1n) is 6.05. The quantitative estimate of drug-likeness (QED) is 0.295. The lowest BCUT2D eigenvalue weighted by Crippen LogP contribution is -2.56. The van der Waals surface area contributed by atoms with Gasteiger partial charge in [0, 0.05) is 25.0 Å². The molecule has 1 aliphatic carbocycles. The second kappa shape index (κ2) is 6.26. The fraction of sp³-hybridized carbons (Fsp3) is 0.333. The standard InChI is InChI=1S/C12H13N3O6.ClH/c13-14-12(11(20)21)4-3-6(10(18)19)7(5-12)15-8(16)1-2-9(15)17;/h3-4,14H,1-2,5,13H2,(H,18,19)(H,20,21);1H. The number of imide groups is 1. The molecule has 1 aliphatic heterocycles. The Hall–Kier alpha value is -2.23. The van der Waals surface area contributed by atoms with Gasteiger partial charge in [-0.2, -0.15) is 0 Å². The van der Waals surface area contributed by atoms with E-state index in [0.717, 1.165) is 17.1 Å². The van der Waals surface area contributed by atoms with Crippen LogP contribution in [0, 0.1) is 0 Å². The van der Waals surface area contributed by atoms with E-state index in [4.69, 9.17) is 10.9 Å². The summed E-state index contributed by atoms with van der Waals surface area (Å²) in [5, 5.41) is 18.4. The highest BCUT2D eigenvalue weighted by Gasteiger charge is 2.44. The van der Waals surface area contributed by atoms with Gasteiger partial charge in [-0.25, -0.2) is 15.0 Å². The van der Waals surface area contributed by atoms with Gasteiger partial charge in [0.05, 0.1) is 5.57 Å². The van der Waals surface area contributed by atoms with Crippen molar-refractivity contribution in [3.05, 3.63) is 23.4 Å². The molecule has 1 atom stereocenters. The molecule has 0 aromatic rings. The molecule has 1 fully saturated rings. The molecule has 9 nitrogen and oxygen atoms in total. The Morgan fingerprint density at radius 1 is 1.23 bits per heavy atom. The van der Waals surface area contributed by atoms with Crippen molar-refractivity contribution in [3.63, 3.8) is 0 Å². The number of hydrogen-bond donors (Lipinski definition) is 4. The number of carboxylic acids is 2. The molecule has 0 bridgehead atoms. The fourth-order valence-corrected chi connectivity index (χ4v) is 2.32. The van der Waals surface area contributed by atoms with Crippen LogP contribution in [0.25, 0.3) is 0 Å². The molecule has 0 saturated carbocycles. The Kier molecular flexibility index (Phi) is 5.07. The number of carboxylic acid groups (broad SMARTS) is 2. The first kappa shape index (κ1) is 17.8. The highest BCUT2D eigenvalue weighted by Crippen LogP contribution is 2.32. The van der Waals surface area contributed by atoms with Crippen LogP contribution in [0.1, 0.15) is 19.3 Å². The molecule has 1 heterocycles. The molecular formula is C12H14ClN3O6. The lowest BCUT2D eigenvalue weighted by molar-refractivity contribution is -0.144.